The first-order chi connectivity index (χ1) is 15.5. The summed E-state index contributed by atoms with van der Waals surface area (Å²) in [7, 11) is 1.54. The Kier molecular flexibility index (Phi) is 9.35. The Hall–Kier alpha value is -2.13. The Bertz CT molecular complexity index is 1070. The number of thioether (sulfide) groups is 2. The number of nitrogens with zero attached hydrogens (tertiary/aromatic N) is 3. The van der Waals surface area contributed by atoms with E-state index in [1.54, 1.807) is 36.0 Å². The number of methoxy groups -OCH3 is 1. The first-order valence-corrected chi connectivity index (χ1v) is 12.5. The van der Waals surface area contributed by atoms with Crippen molar-refractivity contribution in [1.29, 1.82) is 0 Å². The zero-order valence-electron chi connectivity index (χ0n) is 17.4. The number of aromatic nitrogens is 3. The summed E-state index contributed by atoms with van der Waals surface area (Å²) in [6.45, 7) is 4.39. The van der Waals surface area contributed by atoms with Crippen LogP contribution in [0.5, 0.6) is 5.75 Å². The van der Waals surface area contributed by atoms with Crippen LogP contribution in [0.1, 0.15) is 11.4 Å². The third kappa shape index (κ3) is 6.93. The van der Waals surface area contributed by atoms with Gasteiger partial charge in [0.2, 0.25) is 5.91 Å². The second kappa shape index (κ2) is 12.2. The van der Waals surface area contributed by atoms with Crippen LogP contribution >= 0.6 is 46.7 Å². The smallest absolute Gasteiger partial charge is 0.234 e. The molecule has 0 aliphatic heterocycles. The molecule has 10 heteroatoms. The number of hydrogen-bond acceptors (Lipinski definition) is 6. The molecular formula is C22H22Cl2N4O2S2. The monoisotopic (exact) mass is 508 g/mol. The molecule has 0 saturated heterocycles. The Balaban J connectivity index is 1.58. The van der Waals surface area contributed by atoms with Crippen LogP contribution in [-0.2, 0) is 22.8 Å². The highest BCUT2D eigenvalue weighted by Crippen LogP contribution is 2.28. The zero-order valence-corrected chi connectivity index (χ0v) is 20.5. The first-order valence-electron chi connectivity index (χ1n) is 9.61. The molecule has 0 atom stereocenters. The summed E-state index contributed by atoms with van der Waals surface area (Å²) < 4.78 is 7.24. The van der Waals surface area contributed by atoms with Gasteiger partial charge in [-0.25, -0.2) is 0 Å². The fourth-order valence-electron chi connectivity index (χ4n) is 2.78. The van der Waals surface area contributed by atoms with E-state index in [1.165, 1.54) is 24.4 Å². The first kappa shape index (κ1) is 24.5. The summed E-state index contributed by atoms with van der Waals surface area (Å²) >= 11 is 15.0. The molecule has 3 aromatic rings. The van der Waals surface area contributed by atoms with Crippen LogP contribution in [0, 0.1) is 0 Å². The number of allylic oxidation sites excluding steroid dienone is 1. The molecule has 0 unspecified atom stereocenters. The molecule has 0 bridgehead atoms. The van der Waals surface area contributed by atoms with Crippen molar-refractivity contribution in [1.82, 2.24) is 14.8 Å². The number of anilines is 1. The van der Waals surface area contributed by atoms with Gasteiger partial charge < -0.3 is 14.6 Å². The van der Waals surface area contributed by atoms with Gasteiger partial charge in [0.25, 0.3) is 0 Å². The molecule has 1 aromatic heterocycles. The van der Waals surface area contributed by atoms with Crippen molar-refractivity contribution in [2.45, 2.75) is 23.2 Å². The minimum Gasteiger partial charge on any atom is -0.495 e. The number of carbonyl (C=O) groups is 1. The van der Waals surface area contributed by atoms with E-state index < -0.39 is 0 Å². The molecule has 0 aliphatic carbocycles. The Morgan fingerprint density at radius 2 is 1.91 bits per heavy atom. The molecule has 0 radical (unpaired) electrons. The lowest BCUT2D eigenvalue weighted by molar-refractivity contribution is -0.113. The topological polar surface area (TPSA) is 69.0 Å². The summed E-state index contributed by atoms with van der Waals surface area (Å²) in [5.41, 5.74) is 1.72. The van der Waals surface area contributed by atoms with Crippen molar-refractivity contribution in [3.05, 3.63) is 76.6 Å². The number of ether oxygens (including phenoxy) is 1. The average Bonchev–Trinajstić information content (AvgIpc) is 3.16. The van der Waals surface area contributed by atoms with Crippen LogP contribution in [-0.4, -0.2) is 33.5 Å². The summed E-state index contributed by atoms with van der Waals surface area (Å²) in [6.07, 6.45) is 1.79. The van der Waals surface area contributed by atoms with Gasteiger partial charge in [-0.05, 0) is 35.9 Å². The SMILES string of the molecule is C=CCn1c(CSCc2ccc(Cl)cc2)nnc1SCC(=O)Nc1cc(Cl)ccc1OC. The van der Waals surface area contributed by atoms with E-state index in [-0.39, 0.29) is 11.7 Å². The van der Waals surface area contributed by atoms with Crippen LogP contribution < -0.4 is 10.1 Å². The third-order valence-electron chi connectivity index (χ3n) is 4.29. The molecule has 168 valence electrons. The lowest BCUT2D eigenvalue weighted by Gasteiger charge is -2.11. The quantitative estimate of drug-likeness (QED) is 0.255. The van der Waals surface area contributed by atoms with Crippen molar-refractivity contribution >= 4 is 58.3 Å². The second-order valence-electron chi connectivity index (χ2n) is 6.60. The fraction of sp³-hybridized carbons (Fsp3) is 0.227. The van der Waals surface area contributed by atoms with Crippen LogP contribution in [0.2, 0.25) is 10.0 Å². The number of halogens is 2. The summed E-state index contributed by atoms with van der Waals surface area (Å²) in [5, 5.41) is 13.3. The van der Waals surface area contributed by atoms with Crippen LogP contribution in [0.4, 0.5) is 5.69 Å². The molecule has 2 aromatic carbocycles. The predicted molar refractivity (Wildman–Crippen MR) is 134 cm³/mol. The van der Waals surface area contributed by atoms with E-state index in [0.717, 1.165) is 16.6 Å². The average molecular weight is 509 g/mol. The zero-order chi connectivity index (χ0) is 22.9. The molecule has 0 aliphatic rings. The lowest BCUT2D eigenvalue weighted by atomic mass is 10.2. The molecule has 0 spiro atoms. The lowest BCUT2D eigenvalue weighted by Crippen LogP contribution is -2.15. The molecule has 6 nitrogen and oxygen atoms in total. The van der Waals surface area contributed by atoms with Crippen molar-refractivity contribution in [3.63, 3.8) is 0 Å². The van der Waals surface area contributed by atoms with E-state index >= 15 is 0 Å². The van der Waals surface area contributed by atoms with Crippen molar-refractivity contribution in [2.75, 3.05) is 18.2 Å². The highest BCUT2D eigenvalue weighted by Gasteiger charge is 2.15. The Morgan fingerprint density at radius 3 is 2.62 bits per heavy atom. The van der Waals surface area contributed by atoms with E-state index in [0.29, 0.717) is 33.9 Å². The minimum absolute atomic E-state index is 0.170. The van der Waals surface area contributed by atoms with Crippen molar-refractivity contribution in [2.24, 2.45) is 0 Å². The Morgan fingerprint density at radius 1 is 1.16 bits per heavy atom. The number of rotatable bonds is 11. The van der Waals surface area contributed by atoms with E-state index in [2.05, 4.69) is 22.1 Å². The number of carbonyl (C=O) groups excluding carboxylic acids is 1. The normalized spacial score (nSPS) is 10.7. The highest BCUT2D eigenvalue weighted by atomic mass is 35.5. The van der Waals surface area contributed by atoms with Gasteiger partial charge in [-0.15, -0.1) is 28.5 Å². The molecule has 32 heavy (non-hydrogen) atoms. The second-order valence-corrected chi connectivity index (χ2v) is 9.40. The van der Waals surface area contributed by atoms with Gasteiger partial charge in [0.05, 0.1) is 24.3 Å². The number of nitrogens with one attached hydrogen (secondary N) is 1. The molecule has 0 saturated carbocycles. The van der Waals surface area contributed by atoms with Crippen LogP contribution in [0.15, 0.2) is 60.3 Å². The van der Waals surface area contributed by atoms with Crippen molar-refractivity contribution < 1.29 is 9.53 Å². The highest BCUT2D eigenvalue weighted by molar-refractivity contribution is 7.99. The van der Waals surface area contributed by atoms with Gasteiger partial charge in [-0.1, -0.05) is 53.2 Å². The molecule has 3 rings (SSSR count). The van der Waals surface area contributed by atoms with Gasteiger partial charge in [-0.2, -0.15) is 0 Å². The van der Waals surface area contributed by atoms with E-state index in [4.69, 9.17) is 27.9 Å². The number of benzene rings is 2. The van der Waals surface area contributed by atoms with Gasteiger partial charge in [-0.3, -0.25) is 4.79 Å². The maximum Gasteiger partial charge on any atom is 0.234 e. The predicted octanol–water partition coefficient (Wildman–Crippen LogP) is 5.94. The largest absolute Gasteiger partial charge is 0.495 e. The van der Waals surface area contributed by atoms with Gasteiger partial charge in [0.1, 0.15) is 11.6 Å². The minimum atomic E-state index is -0.192. The van der Waals surface area contributed by atoms with Gasteiger partial charge in [0, 0.05) is 22.3 Å². The molecular weight excluding hydrogens is 487 g/mol. The summed E-state index contributed by atoms with van der Waals surface area (Å²) in [5.74, 6) is 2.89. The van der Waals surface area contributed by atoms with Crippen molar-refractivity contribution in [3.8, 4) is 5.75 Å². The van der Waals surface area contributed by atoms with Crippen LogP contribution in [0.3, 0.4) is 0 Å². The molecule has 0 fully saturated rings. The van der Waals surface area contributed by atoms with Gasteiger partial charge >= 0.3 is 0 Å². The van der Waals surface area contributed by atoms with E-state index in [9.17, 15) is 4.79 Å². The molecule has 1 heterocycles. The summed E-state index contributed by atoms with van der Waals surface area (Å²) in [4.78, 5) is 12.5. The summed E-state index contributed by atoms with van der Waals surface area (Å²) in [6, 6.07) is 12.9. The Labute approximate surface area is 205 Å². The van der Waals surface area contributed by atoms with E-state index in [1.807, 2.05) is 28.8 Å². The third-order valence-corrected chi connectivity index (χ3v) is 6.74. The van der Waals surface area contributed by atoms with Crippen LogP contribution in [0.25, 0.3) is 0 Å². The molecule has 1 N–H and O–H groups in total. The standard InChI is InChI=1S/C22H22Cl2N4O2S2/c1-3-10-28-20(13-31-12-15-4-6-16(23)7-5-15)26-27-22(28)32-14-21(29)25-18-11-17(24)8-9-19(18)30-2/h3-9,11H,1,10,12-14H2,2H3,(H,25,29). The number of hydrogen-bond donors (Lipinski definition) is 1. The molecule has 1 amide bonds. The maximum absolute atomic E-state index is 12.5. The maximum atomic E-state index is 12.5. The fourth-order valence-corrected chi connectivity index (χ4v) is 4.77. The number of amides is 1. The van der Waals surface area contributed by atoms with Gasteiger partial charge in [0.15, 0.2) is 5.16 Å².